The molecule has 0 bridgehead atoms. The van der Waals surface area contributed by atoms with Gasteiger partial charge in [-0.3, -0.25) is 0 Å². The molecule has 0 spiro atoms. The standard InChI is InChI=1S/C13H16BrClN2O2/c1-9-4-6-19-7-5-17(9)13(18)16-12-3-2-10(14)8-11(12)15/h2-3,8-9H,4-7H2,1H3,(H,16,18). The maximum Gasteiger partial charge on any atom is 0.322 e. The van der Waals surface area contributed by atoms with E-state index in [0.717, 1.165) is 10.9 Å². The Morgan fingerprint density at radius 1 is 1.53 bits per heavy atom. The molecule has 1 aromatic carbocycles. The van der Waals surface area contributed by atoms with Gasteiger partial charge in [-0.1, -0.05) is 27.5 Å². The van der Waals surface area contributed by atoms with Crippen molar-refractivity contribution in [2.45, 2.75) is 19.4 Å². The van der Waals surface area contributed by atoms with Gasteiger partial charge in [0.2, 0.25) is 0 Å². The second-order valence-corrected chi connectivity index (χ2v) is 5.82. The molecule has 1 fully saturated rings. The number of rotatable bonds is 1. The highest BCUT2D eigenvalue weighted by Gasteiger charge is 2.22. The first-order valence-corrected chi connectivity index (χ1v) is 7.35. The average molecular weight is 348 g/mol. The lowest BCUT2D eigenvalue weighted by Gasteiger charge is -2.26. The summed E-state index contributed by atoms with van der Waals surface area (Å²) in [6.07, 6.45) is 0.849. The molecule has 1 aromatic rings. The molecule has 1 heterocycles. The van der Waals surface area contributed by atoms with Crippen molar-refractivity contribution < 1.29 is 9.53 Å². The van der Waals surface area contributed by atoms with Crippen LogP contribution >= 0.6 is 27.5 Å². The fraction of sp³-hybridized carbons (Fsp3) is 0.462. The summed E-state index contributed by atoms with van der Waals surface area (Å²) in [6.45, 7) is 3.90. The molecular formula is C13H16BrClN2O2. The van der Waals surface area contributed by atoms with Gasteiger partial charge in [0.25, 0.3) is 0 Å². The zero-order valence-corrected chi connectivity index (χ0v) is 13.0. The molecule has 0 saturated carbocycles. The van der Waals surface area contributed by atoms with Gasteiger partial charge in [0.05, 0.1) is 17.3 Å². The van der Waals surface area contributed by atoms with E-state index in [2.05, 4.69) is 21.2 Å². The van der Waals surface area contributed by atoms with Gasteiger partial charge in [-0.05, 0) is 31.5 Å². The third-order valence-electron chi connectivity index (χ3n) is 3.12. The first-order valence-electron chi connectivity index (χ1n) is 6.18. The van der Waals surface area contributed by atoms with E-state index in [4.69, 9.17) is 16.3 Å². The Bertz CT molecular complexity index is 470. The number of hydrogen-bond donors (Lipinski definition) is 1. The molecule has 19 heavy (non-hydrogen) atoms. The van der Waals surface area contributed by atoms with Crippen LogP contribution in [0.3, 0.4) is 0 Å². The highest BCUT2D eigenvalue weighted by Crippen LogP contribution is 2.26. The van der Waals surface area contributed by atoms with Crippen LogP contribution in [0.2, 0.25) is 5.02 Å². The Hall–Kier alpha value is -0.780. The molecule has 1 aliphatic heterocycles. The second kappa shape index (κ2) is 6.59. The van der Waals surface area contributed by atoms with Gasteiger partial charge < -0.3 is 15.0 Å². The normalized spacial score (nSPS) is 19.9. The van der Waals surface area contributed by atoms with Gasteiger partial charge in [-0.25, -0.2) is 4.79 Å². The molecule has 0 aliphatic carbocycles. The van der Waals surface area contributed by atoms with Crippen molar-refractivity contribution in [1.82, 2.24) is 4.90 Å². The summed E-state index contributed by atoms with van der Waals surface area (Å²) in [6, 6.07) is 5.41. The molecule has 0 radical (unpaired) electrons. The lowest BCUT2D eigenvalue weighted by atomic mass is 10.2. The number of hydrogen-bond acceptors (Lipinski definition) is 2. The van der Waals surface area contributed by atoms with Crippen LogP contribution in [0.1, 0.15) is 13.3 Å². The SMILES string of the molecule is CC1CCOCCN1C(=O)Nc1ccc(Br)cc1Cl. The third-order valence-corrected chi connectivity index (χ3v) is 3.93. The fourth-order valence-electron chi connectivity index (χ4n) is 1.97. The van der Waals surface area contributed by atoms with Crippen LogP contribution in [-0.4, -0.2) is 36.7 Å². The number of anilines is 1. The van der Waals surface area contributed by atoms with Crippen LogP contribution < -0.4 is 5.32 Å². The molecule has 1 N–H and O–H groups in total. The van der Waals surface area contributed by atoms with Crippen LogP contribution in [0.25, 0.3) is 0 Å². The summed E-state index contributed by atoms with van der Waals surface area (Å²) < 4.78 is 6.26. The highest BCUT2D eigenvalue weighted by atomic mass is 79.9. The number of ether oxygens (including phenoxy) is 1. The molecule has 104 valence electrons. The van der Waals surface area contributed by atoms with E-state index in [1.807, 2.05) is 13.0 Å². The van der Waals surface area contributed by atoms with Crippen molar-refractivity contribution in [3.05, 3.63) is 27.7 Å². The smallest absolute Gasteiger partial charge is 0.322 e. The van der Waals surface area contributed by atoms with Crippen molar-refractivity contribution in [2.24, 2.45) is 0 Å². The van der Waals surface area contributed by atoms with Crippen LogP contribution in [0.5, 0.6) is 0 Å². The minimum atomic E-state index is -0.137. The monoisotopic (exact) mass is 346 g/mol. The third kappa shape index (κ3) is 3.84. The van der Waals surface area contributed by atoms with E-state index in [1.165, 1.54) is 0 Å². The molecule has 1 unspecified atom stereocenters. The minimum Gasteiger partial charge on any atom is -0.380 e. The Labute approximate surface area is 126 Å². The summed E-state index contributed by atoms with van der Waals surface area (Å²) >= 11 is 9.43. The van der Waals surface area contributed by atoms with E-state index in [-0.39, 0.29) is 12.1 Å². The van der Waals surface area contributed by atoms with E-state index in [1.54, 1.807) is 17.0 Å². The number of carbonyl (C=O) groups is 1. The number of nitrogens with one attached hydrogen (secondary N) is 1. The number of carbonyl (C=O) groups excluding carboxylic acids is 1. The van der Waals surface area contributed by atoms with E-state index >= 15 is 0 Å². The Kier molecular flexibility index (Phi) is 5.07. The lowest BCUT2D eigenvalue weighted by molar-refractivity contribution is 0.143. The van der Waals surface area contributed by atoms with Crippen LogP contribution in [0.4, 0.5) is 10.5 Å². The molecular weight excluding hydrogens is 332 g/mol. The number of amides is 2. The number of benzene rings is 1. The van der Waals surface area contributed by atoms with E-state index in [0.29, 0.717) is 30.5 Å². The summed E-state index contributed by atoms with van der Waals surface area (Å²) in [7, 11) is 0. The van der Waals surface area contributed by atoms with Crippen LogP contribution in [-0.2, 0) is 4.74 Å². The molecule has 1 aliphatic rings. The topological polar surface area (TPSA) is 41.6 Å². The Balaban J connectivity index is 2.07. The molecule has 0 aromatic heterocycles. The van der Waals surface area contributed by atoms with Gasteiger partial charge in [0.1, 0.15) is 0 Å². The van der Waals surface area contributed by atoms with Gasteiger partial charge >= 0.3 is 6.03 Å². The quantitative estimate of drug-likeness (QED) is 0.840. The van der Waals surface area contributed by atoms with Crippen molar-refractivity contribution in [3.8, 4) is 0 Å². The molecule has 4 nitrogen and oxygen atoms in total. The van der Waals surface area contributed by atoms with Gasteiger partial charge in [0.15, 0.2) is 0 Å². The van der Waals surface area contributed by atoms with Crippen molar-refractivity contribution >= 4 is 39.2 Å². The maximum atomic E-state index is 12.3. The number of nitrogens with zero attached hydrogens (tertiary/aromatic N) is 1. The average Bonchev–Trinajstić information content (AvgIpc) is 2.57. The van der Waals surface area contributed by atoms with Crippen LogP contribution in [0, 0.1) is 0 Å². The Morgan fingerprint density at radius 3 is 3.05 bits per heavy atom. The van der Waals surface area contributed by atoms with Crippen molar-refractivity contribution in [3.63, 3.8) is 0 Å². The Morgan fingerprint density at radius 2 is 2.32 bits per heavy atom. The molecule has 2 rings (SSSR count). The highest BCUT2D eigenvalue weighted by molar-refractivity contribution is 9.10. The van der Waals surface area contributed by atoms with Gasteiger partial charge in [-0.15, -0.1) is 0 Å². The molecule has 1 saturated heterocycles. The second-order valence-electron chi connectivity index (χ2n) is 4.50. The lowest BCUT2D eigenvalue weighted by Crippen LogP contribution is -2.42. The number of urea groups is 1. The number of halogens is 2. The van der Waals surface area contributed by atoms with E-state index < -0.39 is 0 Å². The molecule has 6 heteroatoms. The fourth-order valence-corrected chi connectivity index (χ4v) is 2.70. The molecule has 1 atom stereocenters. The van der Waals surface area contributed by atoms with Crippen LogP contribution in [0.15, 0.2) is 22.7 Å². The van der Waals surface area contributed by atoms with Gasteiger partial charge in [-0.2, -0.15) is 0 Å². The first-order chi connectivity index (χ1) is 9.08. The van der Waals surface area contributed by atoms with Gasteiger partial charge in [0, 0.05) is 23.7 Å². The maximum absolute atomic E-state index is 12.3. The minimum absolute atomic E-state index is 0.137. The largest absolute Gasteiger partial charge is 0.380 e. The predicted molar refractivity (Wildman–Crippen MR) is 79.8 cm³/mol. The summed E-state index contributed by atoms with van der Waals surface area (Å²) in [4.78, 5) is 14.0. The van der Waals surface area contributed by atoms with Crippen molar-refractivity contribution in [1.29, 1.82) is 0 Å². The molecule has 2 amide bonds. The zero-order valence-electron chi connectivity index (χ0n) is 10.7. The summed E-state index contributed by atoms with van der Waals surface area (Å²) in [5.41, 5.74) is 0.618. The predicted octanol–water partition coefficient (Wildman–Crippen LogP) is 3.75. The van der Waals surface area contributed by atoms with E-state index in [9.17, 15) is 4.79 Å². The first kappa shape index (κ1) is 14.6. The summed E-state index contributed by atoms with van der Waals surface area (Å²) in [5.74, 6) is 0. The summed E-state index contributed by atoms with van der Waals surface area (Å²) in [5, 5.41) is 3.36. The van der Waals surface area contributed by atoms with Crippen molar-refractivity contribution in [2.75, 3.05) is 25.1 Å². The zero-order chi connectivity index (χ0) is 13.8.